The van der Waals surface area contributed by atoms with Gasteiger partial charge in [-0.15, -0.1) is 0 Å². The number of hydrogen-bond acceptors (Lipinski definition) is 5. The number of benzene rings is 2. The third-order valence-corrected chi connectivity index (χ3v) is 4.97. The summed E-state index contributed by atoms with van der Waals surface area (Å²) in [7, 11) is -3.93. The lowest BCUT2D eigenvalue weighted by molar-refractivity contribution is -0.121. The lowest BCUT2D eigenvalue weighted by Gasteiger charge is -2.23. The molecule has 2 rings (SSSR count). The van der Waals surface area contributed by atoms with Gasteiger partial charge in [-0.05, 0) is 31.9 Å². The predicted molar refractivity (Wildman–Crippen MR) is 111 cm³/mol. The molecule has 0 aliphatic carbocycles. The number of rotatable bonds is 7. The summed E-state index contributed by atoms with van der Waals surface area (Å²) in [6.45, 7) is 5.09. The highest BCUT2D eigenvalue weighted by atomic mass is 32.2. The summed E-state index contributed by atoms with van der Waals surface area (Å²) in [4.78, 5) is 24.9. The van der Waals surface area contributed by atoms with Crippen molar-refractivity contribution in [2.45, 2.75) is 44.6 Å². The van der Waals surface area contributed by atoms with E-state index in [2.05, 4.69) is 10.0 Å². The van der Waals surface area contributed by atoms with Crippen molar-refractivity contribution in [3.8, 4) is 0 Å². The van der Waals surface area contributed by atoms with Crippen LogP contribution in [-0.2, 0) is 31.7 Å². The van der Waals surface area contributed by atoms with Crippen LogP contribution >= 0.6 is 0 Å². The van der Waals surface area contributed by atoms with Crippen LogP contribution in [0.2, 0.25) is 0 Å². The topological polar surface area (TPSA) is 102 Å². The van der Waals surface area contributed by atoms with E-state index in [1.165, 1.54) is 0 Å². The Kier molecular flexibility index (Phi) is 7.39. The van der Waals surface area contributed by atoms with Crippen molar-refractivity contribution in [2.75, 3.05) is 0 Å². The molecule has 0 radical (unpaired) electrons. The molecule has 2 aromatic rings. The molecule has 0 aromatic heterocycles. The molecule has 0 aliphatic rings. The summed E-state index contributed by atoms with van der Waals surface area (Å²) >= 11 is 0. The van der Waals surface area contributed by atoms with Gasteiger partial charge in [0.2, 0.25) is 10.0 Å². The van der Waals surface area contributed by atoms with Gasteiger partial charge in [-0.2, -0.15) is 0 Å². The normalized spacial score (nSPS) is 12.7. The van der Waals surface area contributed by atoms with E-state index in [1.807, 2.05) is 6.07 Å². The second kappa shape index (κ2) is 9.56. The largest absolute Gasteiger partial charge is 0.444 e. The minimum atomic E-state index is -3.93. The maximum Gasteiger partial charge on any atom is 0.408 e. The molecule has 2 amide bonds. The van der Waals surface area contributed by atoms with Crippen LogP contribution in [0, 0.1) is 0 Å². The highest BCUT2D eigenvalue weighted by Gasteiger charge is 2.27. The van der Waals surface area contributed by atoms with Crippen LogP contribution in [0.5, 0.6) is 0 Å². The Morgan fingerprint density at radius 2 is 1.45 bits per heavy atom. The maximum atomic E-state index is 12.7. The first-order valence-electron chi connectivity index (χ1n) is 9.16. The molecule has 0 saturated heterocycles. The van der Waals surface area contributed by atoms with Crippen molar-refractivity contribution in [3.05, 3.63) is 71.8 Å². The molecule has 29 heavy (non-hydrogen) atoms. The smallest absolute Gasteiger partial charge is 0.408 e. The molecule has 1 atom stereocenters. The van der Waals surface area contributed by atoms with E-state index < -0.39 is 33.7 Å². The Balaban J connectivity index is 2.13. The lowest BCUT2D eigenvalue weighted by Crippen LogP contribution is -2.50. The fraction of sp³-hybridized carbons (Fsp3) is 0.333. The first-order chi connectivity index (χ1) is 13.5. The summed E-state index contributed by atoms with van der Waals surface area (Å²) in [5.74, 6) is -1.17. The molecule has 0 heterocycles. The Labute approximate surface area is 171 Å². The molecule has 8 heteroatoms. The van der Waals surface area contributed by atoms with E-state index in [4.69, 9.17) is 4.74 Å². The number of hydrogen-bond donors (Lipinski definition) is 2. The third-order valence-electron chi connectivity index (χ3n) is 3.75. The van der Waals surface area contributed by atoms with Gasteiger partial charge in [0.25, 0.3) is 5.91 Å². The van der Waals surface area contributed by atoms with E-state index in [0.29, 0.717) is 5.56 Å². The molecule has 0 saturated carbocycles. The molecule has 2 aromatic carbocycles. The predicted octanol–water partition coefficient (Wildman–Crippen LogP) is 2.77. The summed E-state index contributed by atoms with van der Waals surface area (Å²) in [5.41, 5.74) is 0.564. The molecule has 0 aliphatic heterocycles. The lowest BCUT2D eigenvalue weighted by atomic mass is 10.1. The molecule has 2 N–H and O–H groups in total. The van der Waals surface area contributed by atoms with Gasteiger partial charge in [-0.3, -0.25) is 9.52 Å². The number of sulfonamides is 1. The average Bonchev–Trinajstić information content (AvgIpc) is 2.60. The number of alkyl carbamates (subject to hydrolysis) is 1. The van der Waals surface area contributed by atoms with Crippen molar-refractivity contribution in [1.82, 2.24) is 10.0 Å². The first-order valence-corrected chi connectivity index (χ1v) is 10.8. The zero-order chi connectivity index (χ0) is 21.5. The van der Waals surface area contributed by atoms with Gasteiger partial charge >= 0.3 is 6.09 Å². The fourth-order valence-corrected chi connectivity index (χ4v) is 3.72. The summed E-state index contributed by atoms with van der Waals surface area (Å²) in [5, 5.41) is 2.47. The highest BCUT2D eigenvalue weighted by molar-refractivity contribution is 7.89. The number of ether oxygens (including phenoxy) is 1. The molecule has 7 nitrogen and oxygen atoms in total. The Morgan fingerprint density at radius 1 is 0.931 bits per heavy atom. The summed E-state index contributed by atoms with van der Waals surface area (Å²) in [6, 6.07) is 16.4. The van der Waals surface area contributed by atoms with Crippen LogP contribution < -0.4 is 10.0 Å². The second-order valence-corrected chi connectivity index (χ2v) is 9.32. The maximum absolute atomic E-state index is 12.7. The Hall–Kier alpha value is -2.87. The van der Waals surface area contributed by atoms with Crippen molar-refractivity contribution in [2.24, 2.45) is 0 Å². The first kappa shape index (κ1) is 22.4. The Morgan fingerprint density at radius 3 is 1.97 bits per heavy atom. The summed E-state index contributed by atoms with van der Waals surface area (Å²) < 4.78 is 32.1. The number of carbonyl (C=O) groups excluding carboxylic acids is 2. The van der Waals surface area contributed by atoms with Crippen molar-refractivity contribution < 1.29 is 22.7 Å². The monoisotopic (exact) mass is 418 g/mol. The van der Waals surface area contributed by atoms with Gasteiger partial charge in [0, 0.05) is 6.42 Å². The van der Waals surface area contributed by atoms with Crippen molar-refractivity contribution in [3.63, 3.8) is 0 Å². The fourth-order valence-electron chi connectivity index (χ4n) is 2.56. The van der Waals surface area contributed by atoms with Crippen LogP contribution in [0.25, 0.3) is 0 Å². The number of carbonyl (C=O) groups is 2. The standard InChI is InChI=1S/C21H26N2O5S/c1-21(2,3)28-20(25)22-18(14-16-10-6-4-7-11-16)19(24)23-29(26,27)15-17-12-8-5-9-13-17/h4-13,18H,14-15H2,1-3H3,(H,22,25)(H,23,24)/t18-/m0/s1. The van der Waals surface area contributed by atoms with Gasteiger partial charge in [-0.1, -0.05) is 60.7 Å². The number of amides is 2. The van der Waals surface area contributed by atoms with Gasteiger partial charge in [0.1, 0.15) is 11.6 Å². The third kappa shape index (κ3) is 8.35. The number of nitrogens with one attached hydrogen (secondary N) is 2. The van der Waals surface area contributed by atoms with Crippen molar-refractivity contribution in [1.29, 1.82) is 0 Å². The minimum Gasteiger partial charge on any atom is -0.444 e. The van der Waals surface area contributed by atoms with E-state index >= 15 is 0 Å². The van der Waals surface area contributed by atoms with Gasteiger partial charge in [0.15, 0.2) is 0 Å². The van der Waals surface area contributed by atoms with E-state index in [1.54, 1.807) is 75.4 Å². The van der Waals surface area contributed by atoms with Crippen molar-refractivity contribution >= 4 is 22.0 Å². The molecule has 0 fully saturated rings. The van der Waals surface area contributed by atoms with Crippen LogP contribution in [-0.4, -0.2) is 32.1 Å². The van der Waals surface area contributed by atoms with E-state index in [9.17, 15) is 18.0 Å². The van der Waals surface area contributed by atoms with E-state index in [0.717, 1.165) is 5.56 Å². The van der Waals surface area contributed by atoms with Crippen LogP contribution in [0.4, 0.5) is 4.79 Å². The second-order valence-electron chi connectivity index (χ2n) is 7.60. The average molecular weight is 419 g/mol. The molecule has 0 bridgehead atoms. The van der Waals surface area contributed by atoms with Gasteiger partial charge in [0.05, 0.1) is 5.75 Å². The molecule has 156 valence electrons. The molecular formula is C21H26N2O5S. The van der Waals surface area contributed by atoms with Crippen LogP contribution in [0.1, 0.15) is 31.9 Å². The quantitative estimate of drug-likeness (QED) is 0.720. The molecule has 0 spiro atoms. The zero-order valence-electron chi connectivity index (χ0n) is 16.7. The minimum absolute atomic E-state index is 0.118. The zero-order valence-corrected chi connectivity index (χ0v) is 17.5. The van der Waals surface area contributed by atoms with Crippen LogP contribution in [0.15, 0.2) is 60.7 Å². The SMILES string of the molecule is CC(C)(C)OC(=O)N[C@@H](Cc1ccccc1)C(=O)NS(=O)(=O)Cc1ccccc1. The Bertz CT molecular complexity index is 923. The summed E-state index contributed by atoms with van der Waals surface area (Å²) in [6.07, 6.45) is -0.679. The molecule has 0 unspecified atom stereocenters. The van der Waals surface area contributed by atoms with Gasteiger partial charge in [-0.25, -0.2) is 13.2 Å². The van der Waals surface area contributed by atoms with Crippen LogP contribution in [0.3, 0.4) is 0 Å². The van der Waals surface area contributed by atoms with E-state index in [-0.39, 0.29) is 12.2 Å². The molecular weight excluding hydrogens is 392 g/mol. The highest BCUT2D eigenvalue weighted by Crippen LogP contribution is 2.10. The van der Waals surface area contributed by atoms with Gasteiger partial charge < -0.3 is 10.1 Å².